The summed E-state index contributed by atoms with van der Waals surface area (Å²) in [6.45, 7) is 3.80. The molecule has 2 rings (SSSR count). The van der Waals surface area contributed by atoms with E-state index in [-0.39, 0.29) is 0 Å². The van der Waals surface area contributed by atoms with Crippen LogP contribution >= 0.6 is 22.6 Å². The molecule has 0 aromatic heterocycles. The van der Waals surface area contributed by atoms with E-state index in [1.54, 1.807) is 12.1 Å². The first-order valence-electron chi connectivity index (χ1n) is 6.83. The number of allylic oxidation sites excluding steroid dienone is 6. The van der Waals surface area contributed by atoms with Gasteiger partial charge in [0.05, 0.1) is 5.56 Å². The van der Waals surface area contributed by atoms with Crippen LogP contribution in [0.1, 0.15) is 35.2 Å². The fraction of sp³-hybridized carbons (Fsp3) is 0.167. The van der Waals surface area contributed by atoms with E-state index in [2.05, 4.69) is 41.3 Å². The molecule has 0 spiro atoms. The number of aromatic carboxylic acids is 1. The molecule has 0 aliphatic heterocycles. The van der Waals surface area contributed by atoms with Gasteiger partial charge < -0.3 is 5.11 Å². The summed E-state index contributed by atoms with van der Waals surface area (Å²) in [6, 6.07) is 7.11. The number of benzene rings is 1. The molecular weight excluding hydrogens is 375 g/mol. The lowest BCUT2D eigenvalue weighted by Crippen LogP contribution is -2.03. The molecule has 1 aromatic rings. The summed E-state index contributed by atoms with van der Waals surface area (Å²) >= 11 is 2.23. The van der Waals surface area contributed by atoms with Crippen molar-refractivity contribution in [1.82, 2.24) is 0 Å². The lowest BCUT2D eigenvalue weighted by Gasteiger charge is -2.22. The number of halogens is 1. The summed E-state index contributed by atoms with van der Waals surface area (Å²) in [6.07, 6.45) is 9.21. The normalized spacial score (nSPS) is 17.5. The smallest absolute Gasteiger partial charge is 0.335 e. The lowest BCUT2D eigenvalue weighted by molar-refractivity contribution is 0.0697. The zero-order valence-electron chi connectivity index (χ0n) is 11.7. The van der Waals surface area contributed by atoms with Crippen LogP contribution in [0.2, 0.25) is 0 Å². The molecule has 0 amide bonds. The molecule has 3 heteroatoms. The second kappa shape index (κ2) is 7.41. The van der Waals surface area contributed by atoms with E-state index in [0.717, 1.165) is 24.8 Å². The minimum atomic E-state index is -0.895. The highest BCUT2D eigenvalue weighted by atomic mass is 127. The third kappa shape index (κ3) is 3.73. The van der Waals surface area contributed by atoms with Gasteiger partial charge >= 0.3 is 5.97 Å². The zero-order valence-corrected chi connectivity index (χ0v) is 13.8. The fourth-order valence-corrected chi connectivity index (χ4v) is 3.06. The van der Waals surface area contributed by atoms with Gasteiger partial charge in [0.15, 0.2) is 0 Å². The van der Waals surface area contributed by atoms with Gasteiger partial charge in [0.1, 0.15) is 0 Å². The summed E-state index contributed by atoms with van der Waals surface area (Å²) in [5.74, 6) is -0.895. The third-order valence-electron chi connectivity index (χ3n) is 3.54. The van der Waals surface area contributed by atoms with Gasteiger partial charge in [0, 0.05) is 0 Å². The summed E-state index contributed by atoms with van der Waals surface area (Å²) in [5.41, 5.74) is 5.16. The molecule has 0 radical (unpaired) electrons. The zero-order chi connectivity index (χ0) is 15.2. The summed E-state index contributed by atoms with van der Waals surface area (Å²) in [5, 5.41) is 9.01. The maximum atomic E-state index is 11.0. The number of hydrogen-bond acceptors (Lipinski definition) is 1. The van der Waals surface area contributed by atoms with Crippen molar-refractivity contribution in [3.63, 3.8) is 0 Å². The topological polar surface area (TPSA) is 37.3 Å². The van der Waals surface area contributed by atoms with E-state index in [0.29, 0.717) is 5.56 Å². The van der Waals surface area contributed by atoms with Crippen molar-refractivity contribution in [3.05, 3.63) is 75.4 Å². The first kappa shape index (κ1) is 15.8. The molecule has 0 unspecified atom stereocenters. The number of carboxylic acids is 1. The molecule has 1 aliphatic carbocycles. The van der Waals surface area contributed by atoms with Crippen molar-refractivity contribution < 1.29 is 9.90 Å². The van der Waals surface area contributed by atoms with Gasteiger partial charge in [-0.3, -0.25) is 0 Å². The van der Waals surface area contributed by atoms with E-state index < -0.39 is 5.97 Å². The molecule has 0 atom stereocenters. The van der Waals surface area contributed by atoms with E-state index in [4.69, 9.17) is 5.11 Å². The van der Waals surface area contributed by atoms with Crippen LogP contribution in [0.15, 0.2) is 64.3 Å². The highest BCUT2D eigenvalue weighted by Gasteiger charge is 2.17. The summed E-state index contributed by atoms with van der Waals surface area (Å²) in [4.78, 5) is 11.0. The lowest BCUT2D eigenvalue weighted by atomic mass is 9.83. The standard InChI is InChI=1S/C18H17IO2/c1-2-4-13-5-3-6-14(11-12-19)17(13)15-7-9-16(10-8-15)18(20)21/h2,4,7-12H,1,3,5-6H2,(H,20,21)/b12-11+,13-4+. The molecule has 108 valence electrons. The molecule has 0 fully saturated rings. The number of carbonyl (C=O) groups is 1. The molecule has 2 nitrogen and oxygen atoms in total. The van der Waals surface area contributed by atoms with Crippen LogP contribution < -0.4 is 0 Å². The quantitative estimate of drug-likeness (QED) is 0.699. The van der Waals surface area contributed by atoms with Crippen LogP contribution in [-0.2, 0) is 0 Å². The van der Waals surface area contributed by atoms with E-state index in [1.165, 1.54) is 16.7 Å². The van der Waals surface area contributed by atoms with Gasteiger partial charge in [0.25, 0.3) is 0 Å². The first-order valence-corrected chi connectivity index (χ1v) is 8.07. The Morgan fingerprint density at radius 3 is 2.52 bits per heavy atom. The molecule has 1 N–H and O–H groups in total. The highest BCUT2D eigenvalue weighted by Crippen LogP contribution is 2.37. The van der Waals surface area contributed by atoms with Crippen LogP contribution in [0, 0.1) is 0 Å². The SMILES string of the molecule is C=C/C=C1\CCCC(/C=C/I)=C1c1ccc(C(=O)O)cc1. The number of hydrogen-bond donors (Lipinski definition) is 1. The van der Waals surface area contributed by atoms with Gasteiger partial charge in [-0.25, -0.2) is 4.79 Å². The Morgan fingerprint density at radius 2 is 1.95 bits per heavy atom. The van der Waals surface area contributed by atoms with E-state index in [9.17, 15) is 4.79 Å². The largest absolute Gasteiger partial charge is 0.478 e. The van der Waals surface area contributed by atoms with Crippen LogP contribution in [0.5, 0.6) is 0 Å². The van der Waals surface area contributed by atoms with Crippen LogP contribution in [0.3, 0.4) is 0 Å². The molecule has 0 saturated carbocycles. The monoisotopic (exact) mass is 392 g/mol. The molecule has 1 aliphatic rings. The second-order valence-electron chi connectivity index (χ2n) is 4.86. The number of carboxylic acid groups (broad SMARTS) is 1. The predicted molar refractivity (Wildman–Crippen MR) is 95.6 cm³/mol. The first-order chi connectivity index (χ1) is 10.2. The Kier molecular flexibility index (Phi) is 5.56. The highest BCUT2D eigenvalue weighted by molar-refractivity contribution is 14.1. The molecule has 0 bridgehead atoms. The maximum Gasteiger partial charge on any atom is 0.335 e. The minimum absolute atomic E-state index is 0.315. The third-order valence-corrected chi connectivity index (χ3v) is 3.90. The van der Waals surface area contributed by atoms with Gasteiger partial charge in [-0.05, 0) is 57.8 Å². The Balaban J connectivity index is 2.54. The Bertz CT molecular complexity index is 634. The molecule has 0 saturated heterocycles. The van der Waals surface area contributed by atoms with Crippen molar-refractivity contribution in [2.24, 2.45) is 0 Å². The molecular formula is C18H17IO2. The average Bonchev–Trinajstić information content (AvgIpc) is 2.48. The van der Waals surface area contributed by atoms with Gasteiger partial charge in [-0.15, -0.1) is 0 Å². The Morgan fingerprint density at radius 1 is 1.24 bits per heavy atom. The number of rotatable bonds is 4. The van der Waals surface area contributed by atoms with Crippen molar-refractivity contribution in [2.45, 2.75) is 19.3 Å². The van der Waals surface area contributed by atoms with Crippen molar-refractivity contribution >= 4 is 34.1 Å². The summed E-state index contributed by atoms with van der Waals surface area (Å²) < 4.78 is 2.02. The predicted octanol–water partition coefficient (Wildman–Crippen LogP) is 5.38. The maximum absolute atomic E-state index is 11.0. The fourth-order valence-electron chi connectivity index (χ4n) is 2.63. The van der Waals surface area contributed by atoms with Gasteiger partial charge in [-0.1, -0.05) is 59.5 Å². The minimum Gasteiger partial charge on any atom is -0.478 e. The molecule has 21 heavy (non-hydrogen) atoms. The van der Waals surface area contributed by atoms with Crippen molar-refractivity contribution in [1.29, 1.82) is 0 Å². The van der Waals surface area contributed by atoms with Crippen LogP contribution in [0.4, 0.5) is 0 Å². The second-order valence-corrected chi connectivity index (χ2v) is 5.58. The van der Waals surface area contributed by atoms with E-state index >= 15 is 0 Å². The average molecular weight is 392 g/mol. The summed E-state index contributed by atoms with van der Waals surface area (Å²) in [7, 11) is 0. The Hall–Kier alpha value is -1.62. The van der Waals surface area contributed by atoms with E-state index in [1.807, 2.05) is 22.3 Å². The molecule has 0 heterocycles. The van der Waals surface area contributed by atoms with Crippen molar-refractivity contribution in [3.8, 4) is 0 Å². The molecule has 1 aromatic carbocycles. The van der Waals surface area contributed by atoms with Crippen LogP contribution in [0.25, 0.3) is 5.57 Å². The van der Waals surface area contributed by atoms with Gasteiger partial charge in [-0.2, -0.15) is 0 Å². The van der Waals surface area contributed by atoms with Gasteiger partial charge in [0.2, 0.25) is 0 Å². The Labute approximate surface area is 138 Å². The van der Waals surface area contributed by atoms with Crippen LogP contribution in [-0.4, -0.2) is 11.1 Å². The van der Waals surface area contributed by atoms with Crippen molar-refractivity contribution in [2.75, 3.05) is 0 Å².